The van der Waals surface area contributed by atoms with Gasteiger partial charge in [-0.25, -0.2) is 0 Å². The number of nitrogens with one attached hydrogen (secondary N) is 2. The van der Waals surface area contributed by atoms with Gasteiger partial charge in [0.15, 0.2) is 0 Å². The van der Waals surface area contributed by atoms with Gasteiger partial charge in [-0.2, -0.15) is 5.10 Å². The molecule has 0 unspecified atom stereocenters. The molecule has 1 aromatic heterocycles. The van der Waals surface area contributed by atoms with Gasteiger partial charge in [0.05, 0.1) is 6.20 Å². The molecule has 2 rings (SSSR count). The van der Waals surface area contributed by atoms with E-state index < -0.39 is 0 Å². The molecule has 1 saturated carbocycles. The maximum absolute atomic E-state index is 4.26. The predicted molar refractivity (Wildman–Crippen MR) is 86.0 cm³/mol. The van der Waals surface area contributed by atoms with Crippen molar-refractivity contribution in [2.24, 2.45) is 0 Å². The van der Waals surface area contributed by atoms with Crippen molar-refractivity contribution in [1.29, 1.82) is 0 Å². The summed E-state index contributed by atoms with van der Waals surface area (Å²) >= 11 is 0. The van der Waals surface area contributed by atoms with E-state index in [0.29, 0.717) is 5.92 Å². The van der Waals surface area contributed by atoms with Crippen LogP contribution in [0.2, 0.25) is 0 Å². The molecule has 20 heavy (non-hydrogen) atoms. The normalized spacial score (nSPS) is 16.1. The fourth-order valence-electron chi connectivity index (χ4n) is 2.86. The molecule has 0 atom stereocenters. The number of aromatic nitrogens is 2. The summed E-state index contributed by atoms with van der Waals surface area (Å²) in [6, 6.07) is 0. The van der Waals surface area contributed by atoms with Gasteiger partial charge < -0.3 is 10.2 Å². The van der Waals surface area contributed by atoms with Crippen molar-refractivity contribution in [2.45, 2.75) is 58.4 Å². The zero-order valence-electron chi connectivity index (χ0n) is 13.7. The summed E-state index contributed by atoms with van der Waals surface area (Å²) < 4.78 is 0. The number of H-pyrrole nitrogens is 1. The molecule has 0 amide bonds. The van der Waals surface area contributed by atoms with Crippen molar-refractivity contribution in [2.75, 3.05) is 27.2 Å². The lowest BCUT2D eigenvalue weighted by Gasteiger charge is -2.23. The zero-order valence-corrected chi connectivity index (χ0v) is 13.7. The van der Waals surface area contributed by atoms with Crippen molar-refractivity contribution in [3.05, 3.63) is 17.5 Å². The van der Waals surface area contributed by atoms with Crippen molar-refractivity contribution >= 4 is 0 Å². The van der Waals surface area contributed by atoms with E-state index in [1.54, 1.807) is 0 Å². The lowest BCUT2D eigenvalue weighted by Crippen LogP contribution is -2.27. The van der Waals surface area contributed by atoms with E-state index in [9.17, 15) is 0 Å². The highest BCUT2D eigenvalue weighted by Crippen LogP contribution is 2.33. The van der Waals surface area contributed by atoms with Crippen LogP contribution in [0.5, 0.6) is 0 Å². The summed E-state index contributed by atoms with van der Waals surface area (Å²) in [6.45, 7) is 7.11. The summed E-state index contributed by atoms with van der Waals surface area (Å²) in [5.74, 6) is 0.717. The molecule has 1 aromatic rings. The molecular formula is C16H32N4. The quantitative estimate of drug-likeness (QED) is 0.841. The highest BCUT2D eigenvalue weighted by atomic mass is 15.1. The van der Waals surface area contributed by atoms with Crippen LogP contribution in [0.25, 0.3) is 0 Å². The largest absolute Gasteiger partial charge is 0.318 e. The lowest BCUT2D eigenvalue weighted by atomic mass is 9.85. The minimum Gasteiger partial charge on any atom is -0.318 e. The van der Waals surface area contributed by atoms with Gasteiger partial charge in [-0.05, 0) is 26.9 Å². The molecule has 1 aliphatic carbocycles. The molecule has 0 spiro atoms. The van der Waals surface area contributed by atoms with Crippen LogP contribution in [0.1, 0.15) is 63.1 Å². The SMILES string of the molecule is CC.CNCCN(C)Cc1cn[nH]c1C1CCCCC1. The molecule has 2 N–H and O–H groups in total. The number of aromatic amines is 1. The Morgan fingerprint density at radius 2 is 2.00 bits per heavy atom. The maximum Gasteiger partial charge on any atom is 0.0535 e. The first-order valence-corrected chi connectivity index (χ1v) is 8.16. The molecule has 0 aliphatic heterocycles. The van der Waals surface area contributed by atoms with Crippen LogP contribution < -0.4 is 5.32 Å². The predicted octanol–water partition coefficient (Wildman–Crippen LogP) is 3.13. The standard InChI is InChI=1S/C14H26N4.C2H6/c1-15-8-9-18(2)11-13-10-16-17-14(13)12-6-4-3-5-7-12;1-2/h10,12,15H,3-9,11H2,1-2H3,(H,16,17);1-2H3. The van der Waals surface area contributed by atoms with Crippen molar-refractivity contribution in [3.8, 4) is 0 Å². The molecule has 1 aliphatic rings. The Kier molecular flexibility index (Phi) is 8.54. The summed E-state index contributed by atoms with van der Waals surface area (Å²) in [5.41, 5.74) is 2.78. The molecule has 0 radical (unpaired) electrons. The highest BCUT2D eigenvalue weighted by Gasteiger charge is 2.20. The van der Waals surface area contributed by atoms with Crippen molar-refractivity contribution in [3.63, 3.8) is 0 Å². The number of likely N-dealkylation sites (N-methyl/N-ethyl adjacent to an activating group) is 2. The van der Waals surface area contributed by atoms with Crippen LogP contribution in [-0.2, 0) is 6.54 Å². The van der Waals surface area contributed by atoms with Gasteiger partial charge in [0.2, 0.25) is 0 Å². The topological polar surface area (TPSA) is 44.0 Å². The van der Waals surface area contributed by atoms with Crippen LogP contribution in [0.15, 0.2) is 6.20 Å². The number of nitrogens with zero attached hydrogens (tertiary/aromatic N) is 2. The van der Waals surface area contributed by atoms with E-state index in [0.717, 1.165) is 19.6 Å². The van der Waals surface area contributed by atoms with Gasteiger partial charge in [0.25, 0.3) is 0 Å². The van der Waals surface area contributed by atoms with Crippen molar-refractivity contribution in [1.82, 2.24) is 20.4 Å². The van der Waals surface area contributed by atoms with Gasteiger partial charge in [-0.15, -0.1) is 0 Å². The Bertz CT molecular complexity index is 342. The van der Waals surface area contributed by atoms with E-state index in [2.05, 4.69) is 27.5 Å². The van der Waals surface area contributed by atoms with E-state index in [1.807, 2.05) is 27.1 Å². The highest BCUT2D eigenvalue weighted by molar-refractivity contribution is 5.20. The van der Waals surface area contributed by atoms with Crippen molar-refractivity contribution < 1.29 is 0 Å². The van der Waals surface area contributed by atoms with Gasteiger partial charge >= 0.3 is 0 Å². The fraction of sp³-hybridized carbons (Fsp3) is 0.812. The first kappa shape index (κ1) is 17.2. The molecule has 116 valence electrons. The average Bonchev–Trinajstić information content (AvgIpc) is 2.96. The van der Waals surface area contributed by atoms with E-state index in [-0.39, 0.29) is 0 Å². The number of rotatable bonds is 6. The van der Waals surface area contributed by atoms with Crippen LogP contribution in [0.4, 0.5) is 0 Å². The molecule has 4 heteroatoms. The zero-order chi connectivity index (χ0) is 14.8. The van der Waals surface area contributed by atoms with E-state index >= 15 is 0 Å². The monoisotopic (exact) mass is 280 g/mol. The molecule has 0 aromatic carbocycles. The third-order valence-electron chi connectivity index (χ3n) is 3.95. The van der Waals surface area contributed by atoms with Crippen LogP contribution in [0.3, 0.4) is 0 Å². The smallest absolute Gasteiger partial charge is 0.0535 e. The molecular weight excluding hydrogens is 248 g/mol. The molecule has 4 nitrogen and oxygen atoms in total. The summed E-state index contributed by atoms with van der Waals surface area (Å²) in [5, 5.41) is 10.7. The van der Waals surface area contributed by atoms with Gasteiger partial charge in [0, 0.05) is 36.8 Å². The second-order valence-electron chi connectivity index (χ2n) is 5.49. The first-order valence-electron chi connectivity index (χ1n) is 8.16. The number of hydrogen-bond acceptors (Lipinski definition) is 3. The fourth-order valence-corrected chi connectivity index (χ4v) is 2.86. The van der Waals surface area contributed by atoms with Gasteiger partial charge in [0.1, 0.15) is 0 Å². The van der Waals surface area contributed by atoms with Gasteiger partial charge in [-0.3, -0.25) is 5.10 Å². The van der Waals surface area contributed by atoms with Crippen LogP contribution >= 0.6 is 0 Å². The summed E-state index contributed by atoms with van der Waals surface area (Å²) in [6.07, 6.45) is 8.82. The summed E-state index contributed by atoms with van der Waals surface area (Å²) in [4.78, 5) is 2.35. The Hall–Kier alpha value is -0.870. The Labute approximate surface area is 124 Å². The number of hydrogen-bond donors (Lipinski definition) is 2. The molecule has 0 bridgehead atoms. The third-order valence-corrected chi connectivity index (χ3v) is 3.95. The van der Waals surface area contributed by atoms with Crippen LogP contribution in [-0.4, -0.2) is 42.3 Å². The Balaban J connectivity index is 0.000000956. The van der Waals surface area contributed by atoms with Gasteiger partial charge in [-0.1, -0.05) is 33.1 Å². The second kappa shape index (κ2) is 9.94. The average molecular weight is 280 g/mol. The second-order valence-corrected chi connectivity index (χ2v) is 5.49. The maximum atomic E-state index is 4.26. The minimum absolute atomic E-state index is 0.717. The first-order chi connectivity index (χ1) is 9.81. The van der Waals surface area contributed by atoms with E-state index in [1.165, 1.54) is 43.4 Å². The summed E-state index contributed by atoms with van der Waals surface area (Å²) in [7, 11) is 4.17. The molecule has 1 heterocycles. The molecule has 0 saturated heterocycles. The third kappa shape index (κ3) is 5.25. The Morgan fingerprint density at radius 3 is 2.65 bits per heavy atom. The Morgan fingerprint density at radius 1 is 1.30 bits per heavy atom. The van der Waals surface area contributed by atoms with Crippen LogP contribution in [0, 0.1) is 0 Å². The van der Waals surface area contributed by atoms with E-state index in [4.69, 9.17) is 0 Å². The lowest BCUT2D eigenvalue weighted by molar-refractivity contribution is 0.324. The minimum atomic E-state index is 0.717. The molecule has 1 fully saturated rings.